The molecular formula is C12H15FN2O2S. The van der Waals surface area contributed by atoms with Crippen LogP contribution in [0.2, 0.25) is 0 Å². The molecule has 0 aliphatic heterocycles. The van der Waals surface area contributed by atoms with Crippen LogP contribution in [0.1, 0.15) is 16.8 Å². The Morgan fingerprint density at radius 3 is 2.83 bits per heavy atom. The number of nitrogens with one attached hydrogen (secondary N) is 2. The molecule has 0 atom stereocenters. The van der Waals surface area contributed by atoms with Crippen molar-refractivity contribution in [3.63, 3.8) is 0 Å². The summed E-state index contributed by atoms with van der Waals surface area (Å²) in [6.45, 7) is 1.20. The maximum absolute atomic E-state index is 13.3. The van der Waals surface area contributed by atoms with Gasteiger partial charge in [0, 0.05) is 20.3 Å². The van der Waals surface area contributed by atoms with Crippen LogP contribution in [0.4, 0.5) is 4.39 Å². The zero-order chi connectivity index (χ0) is 13.4. The highest BCUT2D eigenvalue weighted by Gasteiger charge is 2.11. The number of thiocarbonyl (C=S) groups is 1. The van der Waals surface area contributed by atoms with E-state index in [0.717, 1.165) is 6.42 Å². The number of benzene rings is 1. The van der Waals surface area contributed by atoms with Gasteiger partial charge in [-0.15, -0.1) is 0 Å². The molecule has 0 fully saturated rings. The molecule has 0 spiro atoms. The Labute approximate surface area is 111 Å². The third-order valence-corrected chi connectivity index (χ3v) is 2.40. The molecular weight excluding hydrogens is 255 g/mol. The monoisotopic (exact) mass is 270 g/mol. The summed E-state index contributed by atoms with van der Waals surface area (Å²) in [5.41, 5.74) is -0.0291. The van der Waals surface area contributed by atoms with Crippen molar-refractivity contribution in [2.75, 3.05) is 20.3 Å². The number of halogens is 1. The molecule has 0 unspecified atom stereocenters. The Morgan fingerprint density at radius 2 is 2.17 bits per heavy atom. The highest BCUT2D eigenvalue weighted by molar-refractivity contribution is 7.80. The molecule has 2 N–H and O–H groups in total. The highest BCUT2D eigenvalue weighted by atomic mass is 32.1. The topological polar surface area (TPSA) is 50.4 Å². The molecule has 0 heterocycles. The molecule has 0 bridgehead atoms. The molecule has 0 aliphatic rings. The molecule has 18 heavy (non-hydrogen) atoms. The van der Waals surface area contributed by atoms with Gasteiger partial charge in [-0.3, -0.25) is 10.1 Å². The van der Waals surface area contributed by atoms with Crippen molar-refractivity contribution in [3.05, 3.63) is 35.6 Å². The largest absolute Gasteiger partial charge is 0.385 e. The van der Waals surface area contributed by atoms with Crippen LogP contribution in [0.15, 0.2) is 24.3 Å². The van der Waals surface area contributed by atoms with Gasteiger partial charge < -0.3 is 10.1 Å². The van der Waals surface area contributed by atoms with Crippen molar-refractivity contribution in [1.82, 2.24) is 10.6 Å². The van der Waals surface area contributed by atoms with Gasteiger partial charge >= 0.3 is 0 Å². The summed E-state index contributed by atoms with van der Waals surface area (Å²) in [5, 5.41) is 5.43. The van der Waals surface area contributed by atoms with Crippen LogP contribution in [0.25, 0.3) is 0 Å². The van der Waals surface area contributed by atoms with Crippen LogP contribution in [-0.2, 0) is 4.74 Å². The maximum atomic E-state index is 13.3. The second-order valence-corrected chi connectivity index (χ2v) is 3.94. The average molecular weight is 270 g/mol. The molecule has 0 aromatic heterocycles. The average Bonchev–Trinajstić information content (AvgIpc) is 2.35. The molecule has 0 radical (unpaired) electrons. The summed E-state index contributed by atoms with van der Waals surface area (Å²) < 4.78 is 18.2. The van der Waals surface area contributed by atoms with E-state index in [9.17, 15) is 9.18 Å². The zero-order valence-corrected chi connectivity index (χ0v) is 10.8. The molecule has 1 rings (SSSR count). The number of hydrogen-bond acceptors (Lipinski definition) is 3. The van der Waals surface area contributed by atoms with Crippen LogP contribution in [-0.4, -0.2) is 31.3 Å². The number of methoxy groups -OCH3 is 1. The van der Waals surface area contributed by atoms with E-state index in [1.807, 2.05) is 0 Å². The van der Waals surface area contributed by atoms with E-state index < -0.39 is 11.7 Å². The predicted molar refractivity (Wildman–Crippen MR) is 71.0 cm³/mol. The summed E-state index contributed by atoms with van der Waals surface area (Å²) >= 11 is 4.92. The minimum atomic E-state index is -0.572. The Morgan fingerprint density at radius 1 is 1.44 bits per heavy atom. The second-order valence-electron chi connectivity index (χ2n) is 3.54. The normalized spacial score (nSPS) is 9.89. The Bertz CT molecular complexity index is 426. The number of rotatable bonds is 5. The summed E-state index contributed by atoms with van der Waals surface area (Å²) in [7, 11) is 1.61. The third kappa shape index (κ3) is 4.77. The summed E-state index contributed by atoms with van der Waals surface area (Å²) in [5.74, 6) is -1.13. The van der Waals surface area contributed by atoms with Crippen LogP contribution in [0.5, 0.6) is 0 Å². The first-order valence-corrected chi connectivity index (χ1v) is 5.88. The number of amides is 1. The van der Waals surface area contributed by atoms with Gasteiger partial charge in [0.1, 0.15) is 5.82 Å². The van der Waals surface area contributed by atoms with Crippen molar-refractivity contribution >= 4 is 23.2 Å². The zero-order valence-electron chi connectivity index (χ0n) is 10.0. The molecule has 0 saturated heterocycles. The third-order valence-electron chi connectivity index (χ3n) is 2.16. The maximum Gasteiger partial charge on any atom is 0.260 e. The first-order valence-electron chi connectivity index (χ1n) is 5.48. The quantitative estimate of drug-likeness (QED) is 0.628. The fourth-order valence-electron chi connectivity index (χ4n) is 1.28. The van der Waals surface area contributed by atoms with Crippen LogP contribution >= 0.6 is 12.2 Å². The molecule has 0 saturated carbocycles. The van der Waals surface area contributed by atoms with Gasteiger partial charge in [-0.1, -0.05) is 12.1 Å². The lowest BCUT2D eigenvalue weighted by atomic mass is 10.2. The number of ether oxygens (including phenoxy) is 1. The Balaban J connectivity index is 2.41. The standard InChI is InChI=1S/C12H15FN2O2S/c1-17-8-4-7-14-12(18)15-11(16)9-5-2-3-6-10(9)13/h2-3,5-6H,4,7-8H2,1H3,(H2,14,15,16,18). The van der Waals surface area contributed by atoms with Crippen molar-refractivity contribution in [2.45, 2.75) is 6.42 Å². The molecule has 6 heteroatoms. The van der Waals surface area contributed by atoms with Crippen molar-refractivity contribution < 1.29 is 13.9 Å². The molecule has 0 aliphatic carbocycles. The van der Waals surface area contributed by atoms with Crippen LogP contribution in [0.3, 0.4) is 0 Å². The van der Waals surface area contributed by atoms with E-state index in [2.05, 4.69) is 10.6 Å². The molecule has 98 valence electrons. The Kier molecular flexibility index (Phi) is 6.24. The van der Waals surface area contributed by atoms with Crippen molar-refractivity contribution in [2.24, 2.45) is 0 Å². The lowest BCUT2D eigenvalue weighted by Crippen LogP contribution is -2.40. The van der Waals surface area contributed by atoms with Gasteiger partial charge in [-0.05, 0) is 30.8 Å². The minimum absolute atomic E-state index is 0.0291. The first-order chi connectivity index (χ1) is 8.65. The van der Waals surface area contributed by atoms with Crippen molar-refractivity contribution in [3.8, 4) is 0 Å². The predicted octanol–water partition coefficient (Wildman–Crippen LogP) is 1.47. The summed E-state index contributed by atoms with van der Waals surface area (Å²) in [4.78, 5) is 11.7. The molecule has 4 nitrogen and oxygen atoms in total. The van der Waals surface area contributed by atoms with Crippen LogP contribution < -0.4 is 10.6 Å². The van der Waals surface area contributed by atoms with E-state index in [1.54, 1.807) is 13.2 Å². The van der Waals surface area contributed by atoms with Crippen molar-refractivity contribution in [1.29, 1.82) is 0 Å². The van der Waals surface area contributed by atoms with Crippen LogP contribution in [0, 0.1) is 5.82 Å². The smallest absolute Gasteiger partial charge is 0.260 e. The second kappa shape index (κ2) is 7.73. The minimum Gasteiger partial charge on any atom is -0.385 e. The van der Waals surface area contributed by atoms with Gasteiger partial charge in [0.15, 0.2) is 5.11 Å². The molecule has 1 aromatic carbocycles. The molecule has 1 aromatic rings. The van der Waals surface area contributed by atoms with E-state index in [0.29, 0.717) is 13.2 Å². The Hall–Kier alpha value is -1.53. The van der Waals surface area contributed by atoms with E-state index >= 15 is 0 Å². The number of hydrogen-bond donors (Lipinski definition) is 2. The van der Waals surface area contributed by atoms with Gasteiger partial charge in [-0.2, -0.15) is 0 Å². The van der Waals surface area contributed by atoms with Gasteiger partial charge in [0.2, 0.25) is 0 Å². The lowest BCUT2D eigenvalue weighted by Gasteiger charge is -2.09. The summed E-state index contributed by atoms with van der Waals surface area (Å²) in [6.07, 6.45) is 0.770. The first kappa shape index (κ1) is 14.5. The van der Waals surface area contributed by atoms with Gasteiger partial charge in [0.25, 0.3) is 5.91 Å². The highest BCUT2D eigenvalue weighted by Crippen LogP contribution is 2.05. The summed E-state index contributed by atoms with van der Waals surface area (Å²) in [6, 6.07) is 5.74. The fraction of sp³-hybridized carbons (Fsp3) is 0.333. The SMILES string of the molecule is COCCCNC(=S)NC(=O)c1ccccc1F. The number of carbonyl (C=O) groups excluding carboxylic acids is 1. The van der Waals surface area contributed by atoms with E-state index in [-0.39, 0.29) is 10.7 Å². The van der Waals surface area contributed by atoms with Gasteiger partial charge in [0.05, 0.1) is 5.56 Å². The molecule has 1 amide bonds. The van der Waals surface area contributed by atoms with Gasteiger partial charge in [-0.25, -0.2) is 4.39 Å². The lowest BCUT2D eigenvalue weighted by molar-refractivity contribution is 0.0972. The number of carbonyl (C=O) groups is 1. The van der Waals surface area contributed by atoms with E-state index in [4.69, 9.17) is 17.0 Å². The van der Waals surface area contributed by atoms with E-state index in [1.165, 1.54) is 18.2 Å². The fourth-order valence-corrected chi connectivity index (χ4v) is 1.47.